The van der Waals surface area contributed by atoms with Gasteiger partial charge in [-0.05, 0) is 19.1 Å². The lowest BCUT2D eigenvalue weighted by Gasteiger charge is -2.26. The van der Waals surface area contributed by atoms with Gasteiger partial charge in [-0.2, -0.15) is 0 Å². The molecule has 0 bridgehead atoms. The van der Waals surface area contributed by atoms with E-state index in [0.717, 1.165) is 0 Å². The molecule has 18 heavy (non-hydrogen) atoms. The zero-order valence-electron chi connectivity index (χ0n) is 10.6. The van der Waals surface area contributed by atoms with Crippen LogP contribution >= 0.6 is 0 Å². The summed E-state index contributed by atoms with van der Waals surface area (Å²) in [5.41, 5.74) is -0.230. The smallest absolute Gasteiger partial charge is 0.302 e. The number of rotatable bonds is 5. The Morgan fingerprint density at radius 3 is 2.50 bits per heavy atom. The number of hydrogen-bond donors (Lipinski definition) is 1. The number of carbonyl (C=O) groups is 2. The molecule has 4 heteroatoms. The highest BCUT2D eigenvalue weighted by Gasteiger charge is 2.24. The number of hydrogen-bond acceptors (Lipinski definition) is 3. The summed E-state index contributed by atoms with van der Waals surface area (Å²) < 4.78 is 4.91. The Kier molecular flexibility index (Phi) is 4.66. The van der Waals surface area contributed by atoms with Crippen molar-refractivity contribution in [2.24, 2.45) is 0 Å². The van der Waals surface area contributed by atoms with E-state index in [9.17, 15) is 9.59 Å². The monoisotopic (exact) mass is 247 g/mol. The number of nitrogens with one attached hydrogen (secondary N) is 1. The minimum Gasteiger partial charge on any atom is -0.463 e. The van der Waals surface area contributed by atoms with Crippen molar-refractivity contribution in [3.63, 3.8) is 0 Å². The summed E-state index contributed by atoms with van der Waals surface area (Å²) >= 11 is 0. The molecule has 1 N–H and O–H groups in total. The van der Waals surface area contributed by atoms with Gasteiger partial charge in [0.1, 0.15) is 6.61 Å². The van der Waals surface area contributed by atoms with Crippen LogP contribution < -0.4 is 5.32 Å². The predicted octanol–water partition coefficient (Wildman–Crippen LogP) is 1.92. The fourth-order valence-corrected chi connectivity index (χ4v) is 1.32. The summed E-state index contributed by atoms with van der Waals surface area (Å²) in [4.78, 5) is 22.8. The third-order valence-corrected chi connectivity index (χ3v) is 2.46. The van der Waals surface area contributed by atoms with Crippen LogP contribution in [0.3, 0.4) is 0 Å². The molecular formula is C14H17NO3. The molecule has 0 aliphatic carbocycles. The molecule has 1 amide bonds. The van der Waals surface area contributed by atoms with E-state index in [0.29, 0.717) is 5.56 Å². The van der Waals surface area contributed by atoms with Gasteiger partial charge in [0.2, 0.25) is 0 Å². The molecule has 4 nitrogen and oxygen atoms in total. The molecule has 0 saturated heterocycles. The van der Waals surface area contributed by atoms with Gasteiger partial charge >= 0.3 is 5.97 Å². The molecule has 1 aromatic carbocycles. The molecule has 0 aliphatic rings. The van der Waals surface area contributed by atoms with Crippen LogP contribution in [0.2, 0.25) is 0 Å². The zero-order valence-corrected chi connectivity index (χ0v) is 10.6. The number of esters is 1. The number of ether oxygens (including phenoxy) is 1. The molecule has 0 fully saturated rings. The van der Waals surface area contributed by atoms with Crippen molar-refractivity contribution in [3.05, 3.63) is 48.6 Å². The van der Waals surface area contributed by atoms with Crippen LogP contribution in [0.25, 0.3) is 0 Å². The van der Waals surface area contributed by atoms with Crippen molar-refractivity contribution in [1.29, 1.82) is 0 Å². The highest BCUT2D eigenvalue weighted by atomic mass is 16.5. The van der Waals surface area contributed by atoms with Crippen LogP contribution in [-0.4, -0.2) is 24.0 Å². The molecule has 0 aliphatic heterocycles. The first-order chi connectivity index (χ1) is 8.47. The number of carbonyl (C=O) groups excluding carboxylic acids is 2. The maximum atomic E-state index is 12.0. The zero-order chi connectivity index (χ0) is 13.6. The first-order valence-electron chi connectivity index (χ1n) is 5.61. The Morgan fingerprint density at radius 1 is 1.39 bits per heavy atom. The van der Waals surface area contributed by atoms with Gasteiger partial charge in [0.05, 0.1) is 5.54 Å². The lowest BCUT2D eigenvalue weighted by molar-refractivity contribution is -0.142. The largest absolute Gasteiger partial charge is 0.463 e. The Morgan fingerprint density at radius 2 is 2.00 bits per heavy atom. The topological polar surface area (TPSA) is 55.4 Å². The first-order valence-corrected chi connectivity index (χ1v) is 5.61. The second-order valence-corrected chi connectivity index (χ2v) is 4.22. The fourth-order valence-electron chi connectivity index (χ4n) is 1.32. The molecule has 0 aromatic heterocycles. The average Bonchev–Trinajstić information content (AvgIpc) is 2.37. The molecule has 0 heterocycles. The fraction of sp³-hybridized carbons (Fsp3) is 0.286. The second-order valence-electron chi connectivity index (χ2n) is 4.22. The van der Waals surface area contributed by atoms with Crippen LogP contribution in [0.5, 0.6) is 0 Å². The lowest BCUT2D eigenvalue weighted by atomic mass is 10.0. The summed E-state index contributed by atoms with van der Waals surface area (Å²) in [7, 11) is 0. The Hall–Kier alpha value is -2.10. The average molecular weight is 247 g/mol. The minimum absolute atomic E-state index is 0.0599. The van der Waals surface area contributed by atoms with Crippen LogP contribution in [0.15, 0.2) is 43.0 Å². The lowest BCUT2D eigenvalue weighted by Crippen LogP contribution is -2.48. The minimum atomic E-state index is -0.779. The van der Waals surface area contributed by atoms with Gasteiger partial charge in [0, 0.05) is 12.5 Å². The molecule has 1 rings (SSSR count). The summed E-state index contributed by atoms with van der Waals surface area (Å²) in [6, 6.07) is 8.83. The summed E-state index contributed by atoms with van der Waals surface area (Å²) in [6.07, 6.45) is 1.55. The quantitative estimate of drug-likeness (QED) is 0.639. The normalized spacial score (nSPS) is 13.2. The van der Waals surface area contributed by atoms with E-state index in [1.165, 1.54) is 6.92 Å². The highest BCUT2D eigenvalue weighted by Crippen LogP contribution is 2.08. The van der Waals surface area contributed by atoms with E-state index >= 15 is 0 Å². The molecule has 0 saturated carbocycles. The van der Waals surface area contributed by atoms with Gasteiger partial charge in [0.15, 0.2) is 0 Å². The van der Waals surface area contributed by atoms with E-state index in [1.54, 1.807) is 37.3 Å². The van der Waals surface area contributed by atoms with Gasteiger partial charge < -0.3 is 10.1 Å². The second kappa shape index (κ2) is 6.00. The van der Waals surface area contributed by atoms with Crippen molar-refractivity contribution in [2.45, 2.75) is 19.4 Å². The molecule has 1 atom stereocenters. The molecule has 0 radical (unpaired) electrons. The Balaban J connectivity index is 2.71. The van der Waals surface area contributed by atoms with Crippen molar-refractivity contribution in [3.8, 4) is 0 Å². The van der Waals surface area contributed by atoms with Gasteiger partial charge in [-0.25, -0.2) is 0 Å². The maximum Gasteiger partial charge on any atom is 0.302 e. The third kappa shape index (κ3) is 4.05. The predicted molar refractivity (Wildman–Crippen MR) is 69.1 cm³/mol. The number of benzene rings is 1. The van der Waals surface area contributed by atoms with Crippen LogP contribution in [0.4, 0.5) is 0 Å². The summed E-state index contributed by atoms with van der Waals surface area (Å²) in [5, 5.41) is 2.78. The van der Waals surface area contributed by atoms with Gasteiger partial charge in [-0.3, -0.25) is 9.59 Å². The first kappa shape index (κ1) is 14.0. The van der Waals surface area contributed by atoms with Crippen molar-refractivity contribution in [2.75, 3.05) is 6.61 Å². The Bertz CT molecular complexity index is 442. The van der Waals surface area contributed by atoms with E-state index in [-0.39, 0.29) is 12.5 Å². The molecule has 1 aromatic rings. The van der Waals surface area contributed by atoms with Crippen LogP contribution in [0, 0.1) is 0 Å². The van der Waals surface area contributed by atoms with E-state index in [1.807, 2.05) is 6.07 Å². The van der Waals surface area contributed by atoms with Gasteiger partial charge in [-0.1, -0.05) is 24.3 Å². The van der Waals surface area contributed by atoms with Crippen LogP contribution in [0.1, 0.15) is 24.2 Å². The molecule has 0 spiro atoms. The molecule has 0 unspecified atom stereocenters. The van der Waals surface area contributed by atoms with Crippen molar-refractivity contribution in [1.82, 2.24) is 5.32 Å². The maximum absolute atomic E-state index is 12.0. The summed E-state index contributed by atoms with van der Waals surface area (Å²) in [6.45, 7) is 6.77. The van der Waals surface area contributed by atoms with Gasteiger partial charge in [0.25, 0.3) is 5.91 Å². The third-order valence-electron chi connectivity index (χ3n) is 2.46. The Labute approximate surface area is 107 Å². The van der Waals surface area contributed by atoms with Gasteiger partial charge in [-0.15, -0.1) is 6.58 Å². The van der Waals surface area contributed by atoms with E-state index in [2.05, 4.69) is 11.9 Å². The molecular weight excluding hydrogens is 230 g/mol. The SMILES string of the molecule is C=C[C@](C)(COC(C)=O)NC(=O)c1ccccc1. The number of amides is 1. The van der Waals surface area contributed by atoms with Crippen molar-refractivity contribution >= 4 is 11.9 Å². The summed E-state index contributed by atoms with van der Waals surface area (Å²) in [5.74, 6) is -0.623. The van der Waals surface area contributed by atoms with E-state index in [4.69, 9.17) is 4.74 Å². The standard InChI is InChI=1S/C14H17NO3/c1-4-14(3,10-18-11(2)16)15-13(17)12-8-6-5-7-9-12/h4-9H,1,10H2,2-3H3,(H,15,17)/t14-/m1/s1. The highest BCUT2D eigenvalue weighted by molar-refractivity contribution is 5.94. The molecule has 96 valence electrons. The van der Waals surface area contributed by atoms with Crippen molar-refractivity contribution < 1.29 is 14.3 Å². The van der Waals surface area contributed by atoms with E-state index < -0.39 is 11.5 Å². The van der Waals surface area contributed by atoms with Crippen LogP contribution in [-0.2, 0) is 9.53 Å².